The van der Waals surface area contributed by atoms with Crippen molar-refractivity contribution in [1.29, 1.82) is 0 Å². The van der Waals surface area contributed by atoms with Gasteiger partial charge in [0.1, 0.15) is 5.76 Å². The van der Waals surface area contributed by atoms with Gasteiger partial charge in [-0.05, 0) is 24.0 Å². The number of hydrogen-bond acceptors (Lipinski definition) is 3. The minimum absolute atomic E-state index is 0.110. The summed E-state index contributed by atoms with van der Waals surface area (Å²) in [5, 5.41) is 10.9. The molecule has 0 aromatic heterocycles. The molecule has 3 rings (SSSR count). The van der Waals surface area contributed by atoms with Gasteiger partial charge in [0.15, 0.2) is 0 Å². The molecule has 0 radical (unpaired) electrons. The summed E-state index contributed by atoms with van der Waals surface area (Å²) in [4.78, 5) is 27.3. The number of hydrogen-bond donors (Lipinski definition) is 1. The number of likely N-dealkylation sites (tertiary alicyclic amines) is 1. The monoisotopic (exact) mass is 377 g/mol. The molecular weight excluding hydrogens is 350 g/mol. The van der Waals surface area contributed by atoms with Crippen molar-refractivity contribution >= 4 is 17.4 Å². The first-order valence-corrected chi connectivity index (χ1v) is 10.0. The molecule has 0 saturated carbocycles. The molecule has 4 heteroatoms. The van der Waals surface area contributed by atoms with Crippen molar-refractivity contribution in [3.05, 3.63) is 76.9 Å². The van der Waals surface area contributed by atoms with E-state index >= 15 is 0 Å². The zero-order chi connectivity index (χ0) is 20.1. The predicted octanol–water partition coefficient (Wildman–Crippen LogP) is 4.86. The molecule has 0 bridgehead atoms. The van der Waals surface area contributed by atoms with E-state index in [1.165, 1.54) is 5.56 Å². The van der Waals surface area contributed by atoms with E-state index in [0.717, 1.165) is 31.2 Å². The summed E-state index contributed by atoms with van der Waals surface area (Å²) in [5.41, 5.74) is 2.77. The maximum atomic E-state index is 12.9. The number of carbonyl (C=O) groups excluding carboxylic acids is 2. The smallest absolute Gasteiger partial charge is 0.295 e. The van der Waals surface area contributed by atoms with Crippen LogP contribution in [-0.4, -0.2) is 28.2 Å². The molecule has 1 saturated heterocycles. The predicted molar refractivity (Wildman–Crippen MR) is 111 cm³/mol. The molecule has 2 aromatic carbocycles. The second kappa shape index (κ2) is 8.87. The summed E-state index contributed by atoms with van der Waals surface area (Å²) in [6.07, 6.45) is 3.77. The highest BCUT2D eigenvalue weighted by molar-refractivity contribution is 6.46. The van der Waals surface area contributed by atoms with Crippen LogP contribution in [0.4, 0.5) is 0 Å². The minimum atomic E-state index is -0.609. The van der Waals surface area contributed by atoms with Crippen LogP contribution in [0.2, 0.25) is 0 Å². The quantitative estimate of drug-likeness (QED) is 0.324. The van der Waals surface area contributed by atoms with Crippen LogP contribution in [0.5, 0.6) is 0 Å². The van der Waals surface area contributed by atoms with Gasteiger partial charge in [-0.25, -0.2) is 0 Å². The SMILES string of the molecule is CCCCCN1C(=O)C(=O)/C(=C(\O)c2ccccc2)C1c1ccc(CC)cc1. The second-order valence-electron chi connectivity index (χ2n) is 7.16. The lowest BCUT2D eigenvalue weighted by atomic mass is 9.94. The van der Waals surface area contributed by atoms with Crippen molar-refractivity contribution in [2.24, 2.45) is 0 Å². The summed E-state index contributed by atoms with van der Waals surface area (Å²) in [6, 6.07) is 16.3. The Morgan fingerprint density at radius 1 is 0.964 bits per heavy atom. The zero-order valence-electron chi connectivity index (χ0n) is 16.5. The highest BCUT2D eigenvalue weighted by atomic mass is 16.3. The van der Waals surface area contributed by atoms with Gasteiger partial charge in [-0.3, -0.25) is 9.59 Å². The Bertz CT molecular complexity index is 868. The number of aryl methyl sites for hydroxylation is 1. The maximum Gasteiger partial charge on any atom is 0.295 e. The van der Waals surface area contributed by atoms with Gasteiger partial charge in [0.25, 0.3) is 11.7 Å². The first kappa shape index (κ1) is 19.9. The van der Waals surface area contributed by atoms with Crippen molar-refractivity contribution < 1.29 is 14.7 Å². The summed E-state index contributed by atoms with van der Waals surface area (Å²) in [7, 11) is 0. The van der Waals surface area contributed by atoms with Gasteiger partial charge in [-0.2, -0.15) is 0 Å². The lowest BCUT2D eigenvalue weighted by Gasteiger charge is -2.25. The van der Waals surface area contributed by atoms with E-state index in [1.807, 2.05) is 30.3 Å². The minimum Gasteiger partial charge on any atom is -0.507 e. The first-order chi connectivity index (χ1) is 13.6. The normalized spacial score (nSPS) is 18.6. The average molecular weight is 377 g/mol. The largest absolute Gasteiger partial charge is 0.507 e. The Labute approximate surface area is 166 Å². The van der Waals surface area contributed by atoms with Gasteiger partial charge in [-0.1, -0.05) is 81.3 Å². The molecule has 1 atom stereocenters. The Morgan fingerprint density at radius 3 is 2.25 bits per heavy atom. The van der Waals surface area contributed by atoms with Gasteiger partial charge in [0.05, 0.1) is 11.6 Å². The molecule has 1 aliphatic heterocycles. The van der Waals surface area contributed by atoms with Crippen LogP contribution in [0.15, 0.2) is 60.2 Å². The van der Waals surface area contributed by atoms with E-state index < -0.39 is 17.7 Å². The zero-order valence-corrected chi connectivity index (χ0v) is 16.5. The molecule has 2 aromatic rings. The van der Waals surface area contributed by atoms with E-state index in [0.29, 0.717) is 12.1 Å². The van der Waals surface area contributed by atoms with Crippen LogP contribution < -0.4 is 0 Å². The van der Waals surface area contributed by atoms with Crippen molar-refractivity contribution in [1.82, 2.24) is 4.90 Å². The van der Waals surface area contributed by atoms with Crippen LogP contribution in [0.25, 0.3) is 5.76 Å². The van der Waals surface area contributed by atoms with Crippen LogP contribution >= 0.6 is 0 Å². The standard InChI is InChI=1S/C24H27NO3/c1-3-5-9-16-25-21(18-14-12-17(4-2)13-15-18)20(23(27)24(25)28)22(26)19-10-7-6-8-11-19/h6-8,10-15,21,26H,3-5,9,16H2,1-2H3/b22-20-. The van der Waals surface area contributed by atoms with Crippen molar-refractivity contribution in [2.45, 2.75) is 45.6 Å². The number of ketones is 1. The van der Waals surface area contributed by atoms with Crippen molar-refractivity contribution in [3.8, 4) is 0 Å². The molecule has 146 valence electrons. The third kappa shape index (κ3) is 3.86. The number of nitrogens with zero attached hydrogens (tertiary/aromatic N) is 1. The fraction of sp³-hybridized carbons (Fsp3) is 0.333. The summed E-state index contributed by atoms with van der Waals surface area (Å²) < 4.78 is 0. The van der Waals surface area contributed by atoms with Crippen molar-refractivity contribution in [2.75, 3.05) is 6.54 Å². The molecule has 1 fully saturated rings. The average Bonchev–Trinajstić information content (AvgIpc) is 2.99. The molecule has 1 unspecified atom stereocenters. The molecule has 1 heterocycles. The van der Waals surface area contributed by atoms with Crippen molar-refractivity contribution in [3.63, 3.8) is 0 Å². The van der Waals surface area contributed by atoms with Gasteiger partial charge < -0.3 is 10.0 Å². The number of aliphatic hydroxyl groups excluding tert-OH is 1. The number of benzene rings is 2. The van der Waals surface area contributed by atoms with E-state index in [-0.39, 0.29) is 11.3 Å². The topological polar surface area (TPSA) is 57.6 Å². The van der Waals surface area contributed by atoms with Gasteiger partial charge in [0.2, 0.25) is 0 Å². The molecule has 1 aliphatic rings. The maximum absolute atomic E-state index is 12.9. The van der Waals surface area contributed by atoms with Crippen LogP contribution in [0, 0.1) is 0 Å². The second-order valence-corrected chi connectivity index (χ2v) is 7.16. The molecule has 4 nitrogen and oxygen atoms in total. The molecule has 0 spiro atoms. The number of carbonyl (C=O) groups is 2. The number of unbranched alkanes of at least 4 members (excludes halogenated alkanes) is 2. The molecule has 1 amide bonds. The Balaban J connectivity index is 2.09. The molecule has 1 N–H and O–H groups in total. The lowest BCUT2D eigenvalue weighted by Crippen LogP contribution is -2.30. The molecular formula is C24H27NO3. The van der Waals surface area contributed by atoms with Crippen LogP contribution in [-0.2, 0) is 16.0 Å². The summed E-state index contributed by atoms with van der Waals surface area (Å²) >= 11 is 0. The van der Waals surface area contributed by atoms with Crippen LogP contribution in [0.3, 0.4) is 0 Å². The van der Waals surface area contributed by atoms with Gasteiger partial charge >= 0.3 is 0 Å². The Hall–Kier alpha value is -2.88. The fourth-order valence-electron chi connectivity index (χ4n) is 3.68. The van der Waals surface area contributed by atoms with E-state index in [9.17, 15) is 14.7 Å². The highest BCUT2D eigenvalue weighted by Gasteiger charge is 2.45. The third-order valence-corrected chi connectivity index (χ3v) is 5.29. The summed E-state index contributed by atoms with van der Waals surface area (Å²) in [5.74, 6) is -1.25. The number of rotatable bonds is 7. The number of aliphatic hydroxyl groups is 1. The molecule has 0 aliphatic carbocycles. The molecule has 28 heavy (non-hydrogen) atoms. The summed E-state index contributed by atoms with van der Waals surface area (Å²) in [6.45, 7) is 4.69. The van der Waals surface area contributed by atoms with Gasteiger partial charge in [-0.15, -0.1) is 0 Å². The third-order valence-electron chi connectivity index (χ3n) is 5.29. The Kier molecular flexibility index (Phi) is 6.30. The Morgan fingerprint density at radius 2 is 1.64 bits per heavy atom. The fourth-order valence-corrected chi connectivity index (χ4v) is 3.68. The number of amides is 1. The highest BCUT2D eigenvalue weighted by Crippen LogP contribution is 2.39. The van der Waals surface area contributed by atoms with Crippen LogP contribution in [0.1, 0.15) is 55.8 Å². The van der Waals surface area contributed by atoms with Gasteiger partial charge in [0, 0.05) is 12.1 Å². The van der Waals surface area contributed by atoms with E-state index in [4.69, 9.17) is 0 Å². The lowest BCUT2D eigenvalue weighted by molar-refractivity contribution is -0.139. The number of Topliss-reactive ketones (excluding diaryl/α,β-unsaturated/α-hetero) is 1. The van der Waals surface area contributed by atoms with E-state index in [1.54, 1.807) is 29.2 Å². The first-order valence-electron chi connectivity index (χ1n) is 10.0. The van der Waals surface area contributed by atoms with E-state index in [2.05, 4.69) is 13.8 Å².